The number of primary amides is 1. The zero-order chi connectivity index (χ0) is 31.5. The number of nitrogens with one attached hydrogen (secondary N) is 1. The Bertz CT molecular complexity index is 1510. The first-order valence-corrected chi connectivity index (χ1v) is 15.0. The molecule has 2 atom stereocenters. The van der Waals surface area contributed by atoms with Crippen LogP contribution < -0.4 is 11.1 Å². The third-order valence-electron chi connectivity index (χ3n) is 7.71. The van der Waals surface area contributed by atoms with E-state index in [-0.39, 0.29) is 25.3 Å². The molecule has 0 saturated carbocycles. The summed E-state index contributed by atoms with van der Waals surface area (Å²) < 4.78 is 0. The molecule has 4 rings (SSSR count). The van der Waals surface area contributed by atoms with E-state index in [0.717, 1.165) is 27.8 Å². The van der Waals surface area contributed by atoms with Gasteiger partial charge in [0.25, 0.3) is 0 Å². The summed E-state index contributed by atoms with van der Waals surface area (Å²) in [6.45, 7) is 4.34. The molecule has 0 saturated heterocycles. The molecule has 44 heavy (non-hydrogen) atoms. The summed E-state index contributed by atoms with van der Waals surface area (Å²) in [4.78, 5) is 41.2. The quantitative estimate of drug-likeness (QED) is 0.168. The van der Waals surface area contributed by atoms with Gasteiger partial charge in [0.2, 0.25) is 5.91 Å². The van der Waals surface area contributed by atoms with Gasteiger partial charge in [-0.1, -0.05) is 129 Å². The van der Waals surface area contributed by atoms with Gasteiger partial charge in [0.1, 0.15) is 5.54 Å². The lowest BCUT2D eigenvalue weighted by atomic mass is 9.84. The van der Waals surface area contributed by atoms with E-state index in [1.54, 1.807) is 0 Å². The first-order valence-electron chi connectivity index (χ1n) is 15.0. The molecular weight excluding hydrogens is 550 g/mol. The van der Waals surface area contributed by atoms with Crippen molar-refractivity contribution >= 4 is 17.9 Å². The van der Waals surface area contributed by atoms with Crippen molar-refractivity contribution in [1.82, 2.24) is 10.2 Å². The van der Waals surface area contributed by atoms with E-state index in [2.05, 4.69) is 5.32 Å². The minimum atomic E-state index is -1.65. The van der Waals surface area contributed by atoms with E-state index in [0.29, 0.717) is 13.0 Å². The van der Waals surface area contributed by atoms with Gasteiger partial charge in [-0.25, -0.2) is 9.59 Å². The van der Waals surface area contributed by atoms with Crippen LogP contribution in [0.25, 0.3) is 11.1 Å². The van der Waals surface area contributed by atoms with Gasteiger partial charge in [0.15, 0.2) is 0 Å². The van der Waals surface area contributed by atoms with Crippen molar-refractivity contribution in [2.75, 3.05) is 13.1 Å². The van der Waals surface area contributed by atoms with Crippen LogP contribution in [0.2, 0.25) is 0 Å². The molecule has 0 aliphatic carbocycles. The number of amides is 3. The maximum atomic E-state index is 14.0. The smallest absolute Gasteiger partial charge is 0.330 e. The highest BCUT2D eigenvalue weighted by Gasteiger charge is 2.42. The number of hydrogen-bond acceptors (Lipinski definition) is 3. The summed E-state index contributed by atoms with van der Waals surface area (Å²) >= 11 is 0. The second-order valence-corrected chi connectivity index (χ2v) is 11.8. The fourth-order valence-electron chi connectivity index (χ4n) is 5.48. The molecule has 0 spiro atoms. The van der Waals surface area contributed by atoms with Crippen molar-refractivity contribution in [3.05, 3.63) is 132 Å². The minimum Gasteiger partial charge on any atom is -0.479 e. The molecule has 0 aromatic heterocycles. The van der Waals surface area contributed by atoms with Crippen molar-refractivity contribution in [2.24, 2.45) is 17.6 Å². The summed E-state index contributed by atoms with van der Waals surface area (Å²) in [5.41, 5.74) is 8.73. The maximum absolute atomic E-state index is 14.0. The van der Waals surface area contributed by atoms with E-state index in [1.165, 1.54) is 4.90 Å². The highest BCUT2D eigenvalue weighted by Crippen LogP contribution is 2.25. The Morgan fingerprint density at radius 3 is 1.68 bits per heavy atom. The molecule has 3 amide bonds. The summed E-state index contributed by atoms with van der Waals surface area (Å²) in [6, 6.07) is 36.0. The second-order valence-electron chi connectivity index (χ2n) is 11.8. The molecule has 4 aromatic rings. The molecule has 0 bridgehead atoms. The van der Waals surface area contributed by atoms with Crippen LogP contribution in [0.4, 0.5) is 4.79 Å². The molecule has 0 radical (unpaired) electrons. The number of urea groups is 1. The molecule has 7 heteroatoms. The van der Waals surface area contributed by atoms with E-state index in [4.69, 9.17) is 5.73 Å². The van der Waals surface area contributed by atoms with Crippen LogP contribution in [-0.4, -0.2) is 46.5 Å². The third kappa shape index (κ3) is 8.80. The zero-order valence-corrected chi connectivity index (χ0v) is 25.4. The van der Waals surface area contributed by atoms with Gasteiger partial charge in [-0.3, -0.25) is 4.79 Å². The molecule has 1 unspecified atom stereocenters. The molecule has 4 N–H and O–H groups in total. The average molecular weight is 592 g/mol. The lowest BCUT2D eigenvalue weighted by molar-refractivity contribution is -0.144. The van der Waals surface area contributed by atoms with Crippen LogP contribution in [-0.2, 0) is 28.9 Å². The van der Waals surface area contributed by atoms with E-state index < -0.39 is 29.4 Å². The molecule has 4 aromatic carbocycles. The Hall–Kier alpha value is -4.91. The van der Waals surface area contributed by atoms with Gasteiger partial charge < -0.3 is 21.1 Å². The molecule has 0 fully saturated rings. The van der Waals surface area contributed by atoms with Crippen LogP contribution in [0.5, 0.6) is 0 Å². The standard InChI is InChI=1S/C37H41N3O4/c1-27(2)25-40(26-33(34(38)41)22-28-12-6-3-7-13-28)36(44)39-37(35(42)43,23-29-14-8-4-9-15-29)24-30-18-20-32(21-19-30)31-16-10-5-11-17-31/h3-21,27,33H,22-26H2,1-2H3,(H2,38,41)(H,39,44)(H,42,43)/t33?,37-/m0/s1. The van der Waals surface area contributed by atoms with E-state index in [1.807, 2.05) is 129 Å². The van der Waals surface area contributed by atoms with Gasteiger partial charge in [-0.05, 0) is 40.2 Å². The van der Waals surface area contributed by atoms with Crippen LogP contribution in [0.3, 0.4) is 0 Å². The predicted octanol–water partition coefficient (Wildman–Crippen LogP) is 5.97. The van der Waals surface area contributed by atoms with Gasteiger partial charge >= 0.3 is 12.0 Å². The fraction of sp³-hybridized carbons (Fsp3) is 0.270. The van der Waals surface area contributed by atoms with Gasteiger partial charge in [0.05, 0.1) is 5.92 Å². The Labute approximate surface area is 259 Å². The highest BCUT2D eigenvalue weighted by molar-refractivity contribution is 5.87. The first-order chi connectivity index (χ1) is 21.1. The topological polar surface area (TPSA) is 113 Å². The Morgan fingerprint density at radius 2 is 1.18 bits per heavy atom. The lowest BCUT2D eigenvalue weighted by Gasteiger charge is -2.35. The van der Waals surface area contributed by atoms with Gasteiger partial charge in [-0.15, -0.1) is 0 Å². The van der Waals surface area contributed by atoms with Crippen molar-refractivity contribution in [1.29, 1.82) is 0 Å². The molecule has 0 aliphatic rings. The Kier molecular flexibility index (Phi) is 10.9. The number of carbonyl (C=O) groups excluding carboxylic acids is 2. The van der Waals surface area contributed by atoms with Crippen molar-refractivity contribution in [2.45, 2.75) is 38.6 Å². The molecule has 228 valence electrons. The largest absolute Gasteiger partial charge is 0.479 e. The maximum Gasteiger partial charge on any atom is 0.330 e. The number of benzene rings is 4. The number of aliphatic carboxylic acids is 1. The normalized spacial score (nSPS) is 13.1. The van der Waals surface area contributed by atoms with E-state index in [9.17, 15) is 19.5 Å². The minimum absolute atomic E-state index is 0.0663. The Morgan fingerprint density at radius 1 is 0.705 bits per heavy atom. The number of nitrogens with two attached hydrogens (primary N) is 1. The van der Waals surface area contributed by atoms with Crippen LogP contribution >= 0.6 is 0 Å². The van der Waals surface area contributed by atoms with Crippen molar-refractivity contribution in [3.63, 3.8) is 0 Å². The number of carboxylic acid groups (broad SMARTS) is 1. The molecular formula is C37H41N3O4. The lowest BCUT2D eigenvalue weighted by Crippen LogP contribution is -2.61. The number of nitrogens with zero attached hydrogens (tertiary/aromatic N) is 1. The van der Waals surface area contributed by atoms with Crippen molar-refractivity contribution in [3.8, 4) is 11.1 Å². The second kappa shape index (κ2) is 15.0. The molecule has 0 aliphatic heterocycles. The summed E-state index contributed by atoms with van der Waals surface area (Å²) in [6.07, 6.45) is 0.519. The third-order valence-corrected chi connectivity index (χ3v) is 7.71. The summed E-state index contributed by atoms with van der Waals surface area (Å²) in [7, 11) is 0. The predicted molar refractivity (Wildman–Crippen MR) is 174 cm³/mol. The summed E-state index contributed by atoms with van der Waals surface area (Å²) in [5.74, 6) is -2.21. The highest BCUT2D eigenvalue weighted by atomic mass is 16.4. The zero-order valence-electron chi connectivity index (χ0n) is 25.4. The Balaban J connectivity index is 1.64. The van der Waals surface area contributed by atoms with Crippen LogP contribution in [0.1, 0.15) is 30.5 Å². The van der Waals surface area contributed by atoms with Crippen molar-refractivity contribution < 1.29 is 19.5 Å². The fourth-order valence-corrected chi connectivity index (χ4v) is 5.48. The number of rotatable bonds is 14. The average Bonchev–Trinajstić information content (AvgIpc) is 3.01. The molecule has 7 nitrogen and oxygen atoms in total. The number of carboxylic acids is 1. The first kappa shape index (κ1) is 32.0. The van der Waals surface area contributed by atoms with Crippen LogP contribution in [0, 0.1) is 11.8 Å². The molecule has 0 heterocycles. The monoisotopic (exact) mass is 591 g/mol. The number of carbonyl (C=O) groups is 3. The van der Waals surface area contributed by atoms with E-state index >= 15 is 0 Å². The van der Waals surface area contributed by atoms with Crippen LogP contribution in [0.15, 0.2) is 115 Å². The number of hydrogen-bond donors (Lipinski definition) is 3. The summed E-state index contributed by atoms with van der Waals surface area (Å²) in [5, 5.41) is 13.7. The van der Waals surface area contributed by atoms with Gasteiger partial charge in [0, 0.05) is 25.9 Å². The van der Waals surface area contributed by atoms with Gasteiger partial charge in [-0.2, -0.15) is 0 Å². The SMILES string of the molecule is CC(C)CN(CC(Cc1ccccc1)C(N)=O)C(=O)N[C@@](Cc1ccccc1)(Cc1ccc(-c2ccccc2)cc1)C(=O)O.